The van der Waals surface area contributed by atoms with Crippen molar-refractivity contribution in [2.45, 2.75) is 25.3 Å². The maximum atomic E-state index is 5.17. The molecule has 16 heavy (non-hydrogen) atoms. The van der Waals surface area contributed by atoms with Crippen LogP contribution in [0.3, 0.4) is 0 Å². The van der Waals surface area contributed by atoms with Crippen LogP contribution in [-0.4, -0.2) is 37.1 Å². The molecule has 1 atom stereocenters. The van der Waals surface area contributed by atoms with Gasteiger partial charge in [-0.25, -0.2) is 0 Å². The van der Waals surface area contributed by atoms with E-state index < -0.39 is 0 Å². The Morgan fingerprint density at radius 2 is 2.00 bits per heavy atom. The van der Waals surface area contributed by atoms with Gasteiger partial charge in [0.15, 0.2) is 0 Å². The number of likely N-dealkylation sites (tertiary alicyclic amines) is 1. The molecule has 0 bridgehead atoms. The average Bonchev–Trinajstić information content (AvgIpc) is 2.77. The minimum Gasteiger partial charge on any atom is -0.468 e. The van der Waals surface area contributed by atoms with Gasteiger partial charge in [0.2, 0.25) is 0 Å². The summed E-state index contributed by atoms with van der Waals surface area (Å²) in [7, 11) is 0. The molecule has 0 amide bonds. The fraction of sp³-hybridized carbons (Fsp3) is 0.667. The molecule has 0 aliphatic carbocycles. The van der Waals surface area contributed by atoms with Crippen LogP contribution >= 0.6 is 0 Å². The van der Waals surface area contributed by atoms with Crippen LogP contribution in [0.1, 0.15) is 19.3 Å². The van der Waals surface area contributed by atoms with Gasteiger partial charge in [-0.15, -0.1) is 0 Å². The van der Waals surface area contributed by atoms with Crippen molar-refractivity contribution in [1.29, 1.82) is 0 Å². The first-order chi connectivity index (χ1) is 7.92. The van der Waals surface area contributed by atoms with E-state index in [-0.39, 0.29) is 0 Å². The van der Waals surface area contributed by atoms with Gasteiger partial charge in [-0.2, -0.15) is 0 Å². The van der Waals surface area contributed by atoms with E-state index in [9.17, 15) is 0 Å². The molecule has 0 saturated carbocycles. The Hall–Kier alpha value is -1.16. The fourth-order valence-electron chi connectivity index (χ4n) is 2.61. The third-order valence-electron chi connectivity index (χ3n) is 3.49. The first-order valence-corrected chi connectivity index (χ1v) is 6.21. The molecule has 1 saturated heterocycles. The molecule has 4 heteroatoms. The SMILES string of the molecule is c1occ2c1NCC(CN1CCCCC1)N2. The van der Waals surface area contributed by atoms with E-state index in [0.29, 0.717) is 6.04 Å². The predicted molar refractivity (Wildman–Crippen MR) is 64.9 cm³/mol. The average molecular weight is 221 g/mol. The molecular weight excluding hydrogens is 202 g/mol. The van der Waals surface area contributed by atoms with Crippen LogP contribution in [0.25, 0.3) is 0 Å². The van der Waals surface area contributed by atoms with Crippen molar-refractivity contribution in [3.05, 3.63) is 12.5 Å². The molecule has 0 spiro atoms. The summed E-state index contributed by atoms with van der Waals surface area (Å²) in [5.41, 5.74) is 2.20. The van der Waals surface area contributed by atoms with Gasteiger partial charge in [0.05, 0.1) is 17.4 Å². The van der Waals surface area contributed by atoms with E-state index >= 15 is 0 Å². The maximum absolute atomic E-state index is 5.17. The third-order valence-corrected chi connectivity index (χ3v) is 3.49. The van der Waals surface area contributed by atoms with Gasteiger partial charge >= 0.3 is 0 Å². The summed E-state index contributed by atoms with van der Waals surface area (Å²) in [6, 6.07) is 0.503. The number of nitrogens with zero attached hydrogens (tertiary/aromatic N) is 1. The Bertz CT molecular complexity index is 344. The smallest absolute Gasteiger partial charge is 0.116 e. The number of piperidine rings is 1. The summed E-state index contributed by atoms with van der Waals surface area (Å²) < 4.78 is 5.17. The van der Waals surface area contributed by atoms with Crippen LogP contribution in [0.5, 0.6) is 0 Å². The molecule has 1 aromatic heterocycles. The highest BCUT2D eigenvalue weighted by atomic mass is 16.3. The monoisotopic (exact) mass is 221 g/mol. The van der Waals surface area contributed by atoms with Crippen LogP contribution < -0.4 is 10.6 Å². The van der Waals surface area contributed by atoms with E-state index in [2.05, 4.69) is 15.5 Å². The van der Waals surface area contributed by atoms with Gasteiger partial charge < -0.3 is 20.0 Å². The van der Waals surface area contributed by atoms with Crippen molar-refractivity contribution >= 4 is 11.4 Å². The molecule has 3 rings (SSSR count). The first kappa shape index (κ1) is 10.0. The molecule has 2 N–H and O–H groups in total. The Labute approximate surface area is 96.0 Å². The lowest BCUT2D eigenvalue weighted by Gasteiger charge is -2.33. The van der Waals surface area contributed by atoms with E-state index in [1.54, 1.807) is 12.5 Å². The summed E-state index contributed by atoms with van der Waals surface area (Å²) in [4.78, 5) is 2.56. The van der Waals surface area contributed by atoms with E-state index in [0.717, 1.165) is 24.5 Å². The summed E-state index contributed by atoms with van der Waals surface area (Å²) in [5, 5.41) is 6.93. The second-order valence-electron chi connectivity index (χ2n) is 4.78. The molecule has 2 aliphatic heterocycles. The van der Waals surface area contributed by atoms with E-state index in [1.807, 2.05) is 0 Å². The van der Waals surface area contributed by atoms with Gasteiger partial charge in [-0.1, -0.05) is 6.42 Å². The molecule has 4 nitrogen and oxygen atoms in total. The minimum atomic E-state index is 0.503. The van der Waals surface area contributed by atoms with Gasteiger partial charge in [-0.05, 0) is 25.9 Å². The summed E-state index contributed by atoms with van der Waals surface area (Å²) in [6.07, 6.45) is 7.66. The normalized spacial score (nSPS) is 25.6. The van der Waals surface area contributed by atoms with Crippen molar-refractivity contribution in [2.24, 2.45) is 0 Å². The second kappa shape index (κ2) is 4.37. The zero-order valence-corrected chi connectivity index (χ0v) is 9.54. The Morgan fingerprint density at radius 3 is 2.88 bits per heavy atom. The van der Waals surface area contributed by atoms with Gasteiger partial charge in [0.1, 0.15) is 12.5 Å². The Morgan fingerprint density at radius 1 is 1.19 bits per heavy atom. The van der Waals surface area contributed by atoms with Crippen LogP contribution in [-0.2, 0) is 0 Å². The maximum Gasteiger partial charge on any atom is 0.116 e. The number of hydrogen-bond acceptors (Lipinski definition) is 4. The number of hydrogen-bond donors (Lipinski definition) is 2. The molecular formula is C12H19N3O. The number of rotatable bonds is 2. The zero-order chi connectivity index (χ0) is 10.8. The van der Waals surface area contributed by atoms with Crippen molar-refractivity contribution in [1.82, 2.24) is 4.90 Å². The summed E-state index contributed by atoms with van der Waals surface area (Å²) >= 11 is 0. The van der Waals surface area contributed by atoms with Crippen LogP contribution in [0.15, 0.2) is 16.9 Å². The number of fused-ring (bicyclic) bond motifs is 1. The quantitative estimate of drug-likeness (QED) is 0.801. The number of nitrogens with one attached hydrogen (secondary N) is 2. The Kier molecular flexibility index (Phi) is 2.74. The lowest BCUT2D eigenvalue weighted by Crippen LogP contribution is -2.44. The van der Waals surface area contributed by atoms with Crippen molar-refractivity contribution in [2.75, 3.05) is 36.8 Å². The molecule has 1 unspecified atom stereocenters. The molecule has 1 fully saturated rings. The lowest BCUT2D eigenvalue weighted by molar-refractivity contribution is 0.221. The fourth-order valence-corrected chi connectivity index (χ4v) is 2.61. The topological polar surface area (TPSA) is 40.4 Å². The van der Waals surface area contributed by atoms with Crippen LogP contribution in [0.2, 0.25) is 0 Å². The summed E-state index contributed by atoms with van der Waals surface area (Å²) in [5.74, 6) is 0. The zero-order valence-electron chi connectivity index (χ0n) is 9.54. The largest absolute Gasteiger partial charge is 0.468 e. The van der Waals surface area contributed by atoms with Gasteiger partial charge in [-0.3, -0.25) is 0 Å². The molecule has 88 valence electrons. The molecule has 0 radical (unpaired) electrons. The van der Waals surface area contributed by atoms with Crippen molar-refractivity contribution in [3.63, 3.8) is 0 Å². The van der Waals surface area contributed by atoms with Gasteiger partial charge in [0.25, 0.3) is 0 Å². The number of anilines is 2. The van der Waals surface area contributed by atoms with Gasteiger partial charge in [0, 0.05) is 13.1 Å². The highest BCUT2D eigenvalue weighted by Crippen LogP contribution is 2.27. The first-order valence-electron chi connectivity index (χ1n) is 6.21. The molecule has 1 aromatic rings. The van der Waals surface area contributed by atoms with Crippen LogP contribution in [0, 0.1) is 0 Å². The second-order valence-corrected chi connectivity index (χ2v) is 4.78. The molecule has 0 aromatic carbocycles. The third kappa shape index (κ3) is 2.02. The standard InChI is InChI=1S/C12H19N3O/c1-2-4-15(5-3-1)7-10-6-13-11-8-16-9-12(11)14-10/h8-10,13-14H,1-7H2. The summed E-state index contributed by atoms with van der Waals surface area (Å²) in [6.45, 7) is 4.65. The van der Waals surface area contributed by atoms with E-state index in [1.165, 1.54) is 32.4 Å². The van der Waals surface area contributed by atoms with E-state index in [4.69, 9.17) is 4.42 Å². The Balaban J connectivity index is 1.57. The van der Waals surface area contributed by atoms with Crippen LogP contribution in [0.4, 0.5) is 11.4 Å². The van der Waals surface area contributed by atoms with Crippen molar-refractivity contribution in [3.8, 4) is 0 Å². The highest BCUT2D eigenvalue weighted by Gasteiger charge is 2.21. The lowest BCUT2D eigenvalue weighted by atomic mass is 10.1. The minimum absolute atomic E-state index is 0.503. The molecule has 2 aliphatic rings. The number of furan rings is 1. The highest BCUT2D eigenvalue weighted by molar-refractivity contribution is 5.69. The molecule has 3 heterocycles. The van der Waals surface area contributed by atoms with Crippen molar-refractivity contribution < 1.29 is 4.42 Å². The predicted octanol–water partition coefficient (Wildman–Crippen LogP) is 1.97.